The van der Waals surface area contributed by atoms with Crippen LogP contribution in [0.25, 0.3) is 29.3 Å². The molecule has 0 aliphatic carbocycles. The highest BCUT2D eigenvalue weighted by molar-refractivity contribution is 7.15. The number of hydrogen-bond donors (Lipinski definition) is 0. The fourth-order valence-electron chi connectivity index (χ4n) is 3.05. The minimum Gasteiger partial charge on any atom is -0.488 e. The Balaban J connectivity index is 1.45. The van der Waals surface area contributed by atoms with Crippen molar-refractivity contribution in [2.75, 3.05) is 6.61 Å². The van der Waals surface area contributed by atoms with Crippen LogP contribution in [0.3, 0.4) is 0 Å². The van der Waals surface area contributed by atoms with Crippen LogP contribution in [0.15, 0.2) is 58.9 Å². The van der Waals surface area contributed by atoms with Gasteiger partial charge in [0.25, 0.3) is 5.56 Å². The van der Waals surface area contributed by atoms with E-state index in [4.69, 9.17) is 16.3 Å². The van der Waals surface area contributed by atoms with Crippen LogP contribution < -0.4 is 14.8 Å². The maximum atomic E-state index is 12.7. The molecule has 5 rings (SSSR count). The largest absolute Gasteiger partial charge is 0.488 e. The van der Waals surface area contributed by atoms with Crippen LogP contribution in [-0.4, -0.2) is 21.2 Å². The maximum Gasteiger partial charge on any atom is 0.291 e. The number of para-hydroxylation sites is 1. The predicted molar refractivity (Wildman–Crippen MR) is 117 cm³/mol. The van der Waals surface area contributed by atoms with E-state index in [2.05, 4.69) is 10.1 Å². The second-order valence-electron chi connectivity index (χ2n) is 6.51. The van der Waals surface area contributed by atoms with Crippen LogP contribution in [0.4, 0.5) is 0 Å². The Morgan fingerprint density at radius 3 is 2.76 bits per heavy atom. The molecule has 0 fully saturated rings. The Kier molecular flexibility index (Phi) is 4.50. The summed E-state index contributed by atoms with van der Waals surface area (Å²) in [5.74, 6) is 1.34. The van der Waals surface area contributed by atoms with Crippen molar-refractivity contribution in [2.24, 2.45) is 0 Å². The summed E-state index contributed by atoms with van der Waals surface area (Å²) in [5, 5.41) is 5.00. The van der Waals surface area contributed by atoms with E-state index in [0.717, 1.165) is 22.4 Å². The van der Waals surface area contributed by atoms with Crippen molar-refractivity contribution < 1.29 is 4.74 Å². The fourth-order valence-corrected chi connectivity index (χ4v) is 4.11. The third-order valence-electron chi connectivity index (χ3n) is 4.46. The van der Waals surface area contributed by atoms with Gasteiger partial charge in [0.15, 0.2) is 5.82 Å². The molecule has 0 radical (unpaired) electrons. The van der Waals surface area contributed by atoms with Crippen molar-refractivity contribution in [1.29, 1.82) is 0 Å². The molecular formula is C22H14ClN3O2S. The van der Waals surface area contributed by atoms with Gasteiger partial charge < -0.3 is 4.74 Å². The first-order valence-corrected chi connectivity index (χ1v) is 10.1. The van der Waals surface area contributed by atoms with E-state index in [-0.39, 0.29) is 5.56 Å². The Morgan fingerprint density at radius 1 is 1.10 bits per heavy atom. The summed E-state index contributed by atoms with van der Waals surface area (Å²) < 4.78 is 7.68. The van der Waals surface area contributed by atoms with E-state index >= 15 is 0 Å². The summed E-state index contributed by atoms with van der Waals surface area (Å²) in [6, 6.07) is 15.3. The van der Waals surface area contributed by atoms with Crippen molar-refractivity contribution >= 4 is 52.2 Å². The first kappa shape index (κ1) is 17.8. The Hall–Kier alpha value is -3.22. The molecular weight excluding hydrogens is 406 g/mol. The van der Waals surface area contributed by atoms with Crippen LogP contribution in [0, 0.1) is 0 Å². The minimum absolute atomic E-state index is 0.177. The molecule has 0 amide bonds. The van der Waals surface area contributed by atoms with Gasteiger partial charge in [0.2, 0.25) is 4.96 Å². The van der Waals surface area contributed by atoms with Crippen molar-refractivity contribution in [3.63, 3.8) is 0 Å². The Bertz CT molecular complexity index is 1380. The molecule has 0 saturated heterocycles. The molecule has 0 bridgehead atoms. The lowest BCUT2D eigenvalue weighted by molar-refractivity contribution is 0.352. The smallest absolute Gasteiger partial charge is 0.291 e. The third kappa shape index (κ3) is 3.60. The summed E-state index contributed by atoms with van der Waals surface area (Å²) in [6.45, 7) is 0.430. The first-order valence-electron chi connectivity index (χ1n) is 8.93. The predicted octanol–water partition coefficient (Wildman–Crippen LogP) is 3.95. The number of aromatic nitrogens is 3. The fraction of sp³-hybridized carbons (Fsp3) is 0.0455. The van der Waals surface area contributed by atoms with Crippen LogP contribution >= 0.6 is 22.9 Å². The molecule has 2 aromatic carbocycles. The van der Waals surface area contributed by atoms with Crippen molar-refractivity contribution in [3.8, 4) is 5.75 Å². The average molecular weight is 420 g/mol. The summed E-state index contributed by atoms with van der Waals surface area (Å²) in [5.41, 5.74) is 2.75. The third-order valence-corrected chi connectivity index (χ3v) is 5.67. The number of benzene rings is 2. The van der Waals surface area contributed by atoms with Crippen molar-refractivity contribution in [1.82, 2.24) is 14.6 Å². The van der Waals surface area contributed by atoms with Crippen LogP contribution in [0.5, 0.6) is 5.75 Å². The molecule has 3 heterocycles. The van der Waals surface area contributed by atoms with Gasteiger partial charge in [0.05, 0.1) is 4.53 Å². The zero-order valence-electron chi connectivity index (χ0n) is 15.1. The highest BCUT2D eigenvalue weighted by Crippen LogP contribution is 2.26. The van der Waals surface area contributed by atoms with E-state index in [1.165, 1.54) is 15.9 Å². The molecule has 4 aromatic rings. The Morgan fingerprint density at radius 2 is 1.93 bits per heavy atom. The van der Waals surface area contributed by atoms with Crippen LogP contribution in [0.1, 0.15) is 17.0 Å². The van der Waals surface area contributed by atoms with Gasteiger partial charge in [-0.05, 0) is 47.6 Å². The Labute approximate surface area is 174 Å². The van der Waals surface area contributed by atoms with Crippen LogP contribution in [0.2, 0.25) is 5.02 Å². The average Bonchev–Trinajstić information content (AvgIpc) is 3.26. The molecule has 0 atom stereocenters. The topological polar surface area (TPSA) is 56.5 Å². The normalized spacial score (nSPS) is 14.2. The number of nitrogens with zero attached hydrogens (tertiary/aromatic N) is 3. The number of thiazole rings is 1. The summed E-state index contributed by atoms with van der Waals surface area (Å²) >= 11 is 7.21. The van der Waals surface area contributed by atoms with Gasteiger partial charge in [-0.15, -0.1) is 5.10 Å². The van der Waals surface area contributed by atoms with Gasteiger partial charge in [-0.3, -0.25) is 4.79 Å². The zero-order chi connectivity index (χ0) is 19.8. The quantitative estimate of drug-likeness (QED) is 0.504. The molecule has 0 N–H and O–H groups in total. The number of rotatable bonds is 3. The van der Waals surface area contributed by atoms with Crippen molar-refractivity contribution in [2.45, 2.75) is 0 Å². The molecule has 29 heavy (non-hydrogen) atoms. The molecule has 0 spiro atoms. The standard InChI is InChI=1S/C22H14ClN3O2S/c23-17-8-5-14(6-9-17)7-10-20-24-22-26(25-20)21(27)19(29-22)12-15-11-16-3-1-2-4-18(16)28-13-15/h1-12H,13H2. The number of fused-ring (bicyclic) bond motifs is 2. The van der Waals surface area contributed by atoms with E-state index in [0.29, 0.717) is 26.9 Å². The van der Waals surface area contributed by atoms with Gasteiger partial charge in [0.1, 0.15) is 12.4 Å². The van der Waals surface area contributed by atoms with Gasteiger partial charge in [-0.25, -0.2) is 0 Å². The molecule has 5 nitrogen and oxygen atoms in total. The summed E-state index contributed by atoms with van der Waals surface area (Å²) in [4.78, 5) is 17.7. The van der Waals surface area contributed by atoms with Gasteiger partial charge in [0, 0.05) is 10.6 Å². The number of ether oxygens (including phenoxy) is 1. The van der Waals surface area contributed by atoms with Gasteiger partial charge >= 0.3 is 0 Å². The van der Waals surface area contributed by atoms with E-state index < -0.39 is 0 Å². The highest BCUT2D eigenvalue weighted by Gasteiger charge is 2.12. The van der Waals surface area contributed by atoms with Crippen molar-refractivity contribution in [3.05, 3.63) is 91.0 Å². The molecule has 0 saturated carbocycles. The SMILES string of the molecule is O=c1c(=CC2=Cc3ccccc3OC2)sc2nc(C=Cc3ccc(Cl)cc3)nn12. The monoisotopic (exact) mass is 419 g/mol. The minimum atomic E-state index is -0.177. The van der Waals surface area contributed by atoms with E-state index in [9.17, 15) is 4.79 Å². The molecule has 2 aromatic heterocycles. The molecule has 1 aliphatic rings. The number of halogens is 1. The number of hydrogen-bond acceptors (Lipinski definition) is 5. The summed E-state index contributed by atoms with van der Waals surface area (Å²) in [6.07, 6.45) is 7.55. The van der Waals surface area contributed by atoms with E-state index in [1.54, 1.807) is 6.08 Å². The lowest BCUT2D eigenvalue weighted by Gasteiger charge is -2.15. The maximum absolute atomic E-state index is 12.7. The van der Waals surface area contributed by atoms with Crippen LogP contribution in [-0.2, 0) is 0 Å². The van der Waals surface area contributed by atoms with E-state index in [1.807, 2.05) is 66.8 Å². The molecule has 7 heteroatoms. The second-order valence-corrected chi connectivity index (χ2v) is 7.96. The van der Waals surface area contributed by atoms with Gasteiger partial charge in [-0.1, -0.05) is 59.3 Å². The second kappa shape index (κ2) is 7.31. The first-order chi connectivity index (χ1) is 14.2. The molecule has 0 unspecified atom stereocenters. The lowest BCUT2D eigenvalue weighted by Crippen LogP contribution is -2.24. The lowest BCUT2D eigenvalue weighted by atomic mass is 10.1. The summed E-state index contributed by atoms with van der Waals surface area (Å²) in [7, 11) is 0. The molecule has 1 aliphatic heterocycles. The zero-order valence-corrected chi connectivity index (χ0v) is 16.7. The molecule has 142 valence electrons. The highest BCUT2D eigenvalue weighted by atomic mass is 35.5. The van der Waals surface area contributed by atoms with Gasteiger partial charge in [-0.2, -0.15) is 9.50 Å².